The predicted octanol–water partition coefficient (Wildman–Crippen LogP) is 3.49. The molecule has 0 amide bonds. The number of nitrogens with one attached hydrogen (secondary N) is 1. The van der Waals surface area contributed by atoms with Crippen molar-refractivity contribution in [2.75, 3.05) is 20.3 Å². The highest BCUT2D eigenvalue weighted by molar-refractivity contribution is 9.11. The van der Waals surface area contributed by atoms with Crippen LogP contribution in [-0.4, -0.2) is 26.4 Å². The van der Waals surface area contributed by atoms with Gasteiger partial charge in [-0.15, -0.1) is 0 Å². The van der Waals surface area contributed by atoms with Gasteiger partial charge >= 0.3 is 0 Å². The van der Waals surface area contributed by atoms with E-state index in [1.54, 1.807) is 7.11 Å². The molecule has 1 heterocycles. The van der Waals surface area contributed by atoms with E-state index in [0.717, 1.165) is 47.3 Å². The number of benzene rings is 1. The summed E-state index contributed by atoms with van der Waals surface area (Å²) < 4.78 is 12.6. The average Bonchev–Trinajstić information content (AvgIpc) is 2.37. The molecule has 2 rings (SSSR count). The Bertz CT molecular complexity index is 383. The largest absolute Gasteiger partial charge is 0.494 e. The lowest BCUT2D eigenvalue weighted by atomic mass is 10.1. The number of hydrogen-bond acceptors (Lipinski definition) is 3. The van der Waals surface area contributed by atoms with E-state index in [4.69, 9.17) is 9.47 Å². The van der Waals surface area contributed by atoms with Crippen LogP contribution in [0, 0.1) is 0 Å². The van der Waals surface area contributed by atoms with Gasteiger partial charge in [0.1, 0.15) is 5.75 Å². The summed E-state index contributed by atoms with van der Waals surface area (Å²) in [4.78, 5) is 0. The maximum Gasteiger partial charge on any atom is 0.147 e. The molecule has 0 spiro atoms. The standard InChI is InChI=1S/C13H17Br2NO2/c1-17-13-11(14)6-9(7-12(13)15)8-16-10-2-4-18-5-3-10/h6-7,10,16H,2-5,8H2,1H3. The first-order chi connectivity index (χ1) is 8.70. The van der Waals surface area contributed by atoms with Crippen LogP contribution in [0.5, 0.6) is 5.75 Å². The van der Waals surface area contributed by atoms with Crippen molar-refractivity contribution in [3.8, 4) is 5.75 Å². The van der Waals surface area contributed by atoms with E-state index in [-0.39, 0.29) is 0 Å². The topological polar surface area (TPSA) is 30.5 Å². The second kappa shape index (κ2) is 6.89. The second-order valence-corrected chi connectivity index (χ2v) is 6.07. The summed E-state index contributed by atoms with van der Waals surface area (Å²) in [7, 11) is 1.67. The molecular weight excluding hydrogens is 362 g/mol. The lowest BCUT2D eigenvalue weighted by molar-refractivity contribution is 0.0776. The van der Waals surface area contributed by atoms with Crippen LogP contribution in [0.25, 0.3) is 0 Å². The summed E-state index contributed by atoms with van der Waals surface area (Å²) in [6.45, 7) is 2.60. The first-order valence-electron chi connectivity index (χ1n) is 6.03. The molecule has 1 aromatic carbocycles. The summed E-state index contributed by atoms with van der Waals surface area (Å²) in [6, 6.07) is 4.75. The molecule has 1 aliphatic rings. The molecule has 0 aliphatic carbocycles. The first kappa shape index (κ1) is 14.3. The quantitative estimate of drug-likeness (QED) is 0.869. The third-order valence-corrected chi connectivity index (χ3v) is 4.26. The fourth-order valence-electron chi connectivity index (χ4n) is 2.07. The molecule has 0 saturated carbocycles. The van der Waals surface area contributed by atoms with Gasteiger partial charge < -0.3 is 14.8 Å². The van der Waals surface area contributed by atoms with Crippen molar-refractivity contribution >= 4 is 31.9 Å². The van der Waals surface area contributed by atoms with Gasteiger partial charge in [0.05, 0.1) is 16.1 Å². The van der Waals surface area contributed by atoms with Gasteiger partial charge in [-0.3, -0.25) is 0 Å². The Kier molecular flexibility index (Phi) is 5.48. The molecule has 0 unspecified atom stereocenters. The van der Waals surface area contributed by atoms with Crippen molar-refractivity contribution in [1.29, 1.82) is 0 Å². The predicted molar refractivity (Wildman–Crippen MR) is 79.1 cm³/mol. The molecule has 100 valence electrons. The monoisotopic (exact) mass is 377 g/mol. The van der Waals surface area contributed by atoms with Crippen molar-refractivity contribution in [3.05, 3.63) is 26.6 Å². The Labute approximate surface area is 124 Å². The minimum absolute atomic E-state index is 0.568. The summed E-state index contributed by atoms with van der Waals surface area (Å²) in [5, 5.41) is 3.57. The van der Waals surface area contributed by atoms with Gasteiger partial charge in [-0.2, -0.15) is 0 Å². The molecule has 18 heavy (non-hydrogen) atoms. The molecule has 0 bridgehead atoms. The van der Waals surface area contributed by atoms with Crippen LogP contribution in [0.1, 0.15) is 18.4 Å². The normalized spacial score (nSPS) is 16.8. The number of halogens is 2. The highest BCUT2D eigenvalue weighted by atomic mass is 79.9. The molecule has 0 radical (unpaired) electrons. The number of hydrogen-bond donors (Lipinski definition) is 1. The van der Waals surface area contributed by atoms with E-state index in [0.29, 0.717) is 6.04 Å². The van der Waals surface area contributed by atoms with Crippen LogP contribution in [0.4, 0.5) is 0 Å². The smallest absolute Gasteiger partial charge is 0.147 e. The van der Waals surface area contributed by atoms with Crippen LogP contribution in [0.3, 0.4) is 0 Å². The summed E-state index contributed by atoms with van der Waals surface area (Å²) in [5.41, 5.74) is 1.24. The van der Waals surface area contributed by atoms with E-state index in [2.05, 4.69) is 49.3 Å². The maximum atomic E-state index is 5.35. The summed E-state index contributed by atoms with van der Waals surface area (Å²) >= 11 is 7.04. The third-order valence-electron chi connectivity index (χ3n) is 3.08. The second-order valence-electron chi connectivity index (χ2n) is 4.36. The van der Waals surface area contributed by atoms with Crippen LogP contribution >= 0.6 is 31.9 Å². The minimum Gasteiger partial charge on any atom is -0.494 e. The van der Waals surface area contributed by atoms with Gasteiger partial charge in [-0.25, -0.2) is 0 Å². The highest BCUT2D eigenvalue weighted by Gasteiger charge is 2.13. The van der Waals surface area contributed by atoms with E-state index in [1.165, 1.54) is 5.56 Å². The van der Waals surface area contributed by atoms with E-state index in [9.17, 15) is 0 Å². The van der Waals surface area contributed by atoms with Gasteiger partial charge in [0.25, 0.3) is 0 Å². The molecule has 1 fully saturated rings. The van der Waals surface area contributed by atoms with Crippen LogP contribution in [0.15, 0.2) is 21.1 Å². The fourth-order valence-corrected chi connectivity index (χ4v) is 3.68. The molecule has 1 aliphatic heterocycles. The zero-order valence-electron chi connectivity index (χ0n) is 10.3. The Balaban J connectivity index is 1.96. The van der Waals surface area contributed by atoms with Crippen LogP contribution in [0.2, 0.25) is 0 Å². The fraction of sp³-hybridized carbons (Fsp3) is 0.538. The lowest BCUT2D eigenvalue weighted by Gasteiger charge is -2.23. The first-order valence-corrected chi connectivity index (χ1v) is 7.62. The Morgan fingerprint density at radius 3 is 2.44 bits per heavy atom. The van der Waals surface area contributed by atoms with Gasteiger partial charge in [0.2, 0.25) is 0 Å². The molecule has 1 N–H and O–H groups in total. The molecule has 5 heteroatoms. The molecule has 1 aromatic rings. The average molecular weight is 379 g/mol. The number of methoxy groups -OCH3 is 1. The zero-order valence-corrected chi connectivity index (χ0v) is 13.5. The van der Waals surface area contributed by atoms with Gasteiger partial charge in [0, 0.05) is 25.8 Å². The van der Waals surface area contributed by atoms with Gasteiger partial charge in [-0.1, -0.05) is 0 Å². The molecule has 1 saturated heterocycles. The van der Waals surface area contributed by atoms with Crippen LogP contribution in [-0.2, 0) is 11.3 Å². The van der Waals surface area contributed by atoms with Crippen molar-refractivity contribution < 1.29 is 9.47 Å². The third kappa shape index (κ3) is 3.70. The van der Waals surface area contributed by atoms with Crippen molar-refractivity contribution in [3.63, 3.8) is 0 Å². The molecule has 3 nitrogen and oxygen atoms in total. The summed E-state index contributed by atoms with van der Waals surface area (Å²) in [5.74, 6) is 0.838. The van der Waals surface area contributed by atoms with Crippen molar-refractivity contribution in [2.24, 2.45) is 0 Å². The molecule has 0 atom stereocenters. The van der Waals surface area contributed by atoms with Gasteiger partial charge in [-0.05, 0) is 62.4 Å². The van der Waals surface area contributed by atoms with E-state index >= 15 is 0 Å². The lowest BCUT2D eigenvalue weighted by Crippen LogP contribution is -2.34. The Morgan fingerprint density at radius 2 is 1.89 bits per heavy atom. The van der Waals surface area contributed by atoms with Crippen molar-refractivity contribution in [2.45, 2.75) is 25.4 Å². The highest BCUT2D eigenvalue weighted by Crippen LogP contribution is 2.34. The summed E-state index contributed by atoms with van der Waals surface area (Å²) in [6.07, 6.45) is 2.19. The van der Waals surface area contributed by atoms with Crippen LogP contribution < -0.4 is 10.1 Å². The maximum absolute atomic E-state index is 5.35. The Morgan fingerprint density at radius 1 is 1.28 bits per heavy atom. The van der Waals surface area contributed by atoms with E-state index < -0.39 is 0 Å². The SMILES string of the molecule is COc1c(Br)cc(CNC2CCOCC2)cc1Br. The zero-order chi connectivity index (χ0) is 13.0. The van der Waals surface area contributed by atoms with E-state index in [1.807, 2.05) is 0 Å². The van der Waals surface area contributed by atoms with Gasteiger partial charge in [0.15, 0.2) is 0 Å². The van der Waals surface area contributed by atoms with Crippen molar-refractivity contribution in [1.82, 2.24) is 5.32 Å². The molecule has 0 aromatic heterocycles. The number of rotatable bonds is 4. The minimum atomic E-state index is 0.568. The Hall–Kier alpha value is -0.100. The number of ether oxygens (including phenoxy) is 2. The molecular formula is C13H17Br2NO2.